The van der Waals surface area contributed by atoms with Gasteiger partial charge in [-0.1, -0.05) is 41.9 Å². The minimum atomic E-state index is -0.523. The van der Waals surface area contributed by atoms with Crippen LogP contribution in [0.15, 0.2) is 41.3 Å². The predicted molar refractivity (Wildman–Crippen MR) is 109 cm³/mol. The maximum Gasteiger partial charge on any atom is 0.410 e. The monoisotopic (exact) mass is 404 g/mol. The van der Waals surface area contributed by atoms with E-state index < -0.39 is 5.60 Å². The topological polar surface area (TPSA) is 67.7 Å². The summed E-state index contributed by atoms with van der Waals surface area (Å²) in [6.07, 6.45) is 1.30. The smallest absolute Gasteiger partial charge is 0.410 e. The van der Waals surface area contributed by atoms with Gasteiger partial charge in [0.2, 0.25) is 0 Å². The molecule has 1 aliphatic heterocycles. The molecule has 1 saturated heterocycles. The van der Waals surface area contributed by atoms with Gasteiger partial charge in [0.25, 0.3) is 5.56 Å². The Bertz CT molecular complexity index is 885. The SMILES string of the molecule is CC(C)(C)OC(=O)N1CCN(c2cnn(Cc3ccccc3)c(=O)c2Cl)CC1. The van der Waals surface area contributed by atoms with Crippen LogP contribution in [0, 0.1) is 0 Å². The summed E-state index contributed by atoms with van der Waals surface area (Å²) in [4.78, 5) is 28.5. The van der Waals surface area contributed by atoms with Crippen molar-refractivity contribution in [3.05, 3.63) is 57.5 Å². The lowest BCUT2D eigenvalue weighted by Gasteiger charge is -2.36. The van der Waals surface area contributed by atoms with Crippen LogP contribution >= 0.6 is 11.6 Å². The Morgan fingerprint density at radius 1 is 1.14 bits per heavy atom. The van der Waals surface area contributed by atoms with Crippen LogP contribution < -0.4 is 10.5 Å². The number of halogens is 1. The zero-order valence-corrected chi connectivity index (χ0v) is 17.1. The minimum absolute atomic E-state index is 0.150. The fourth-order valence-electron chi connectivity index (χ4n) is 3.00. The van der Waals surface area contributed by atoms with E-state index in [-0.39, 0.29) is 16.7 Å². The molecule has 1 amide bonds. The van der Waals surface area contributed by atoms with Gasteiger partial charge in [-0.2, -0.15) is 5.10 Å². The highest BCUT2D eigenvalue weighted by Gasteiger charge is 2.27. The first-order valence-corrected chi connectivity index (χ1v) is 9.65. The van der Waals surface area contributed by atoms with Crippen molar-refractivity contribution in [2.24, 2.45) is 0 Å². The third-order valence-corrected chi connectivity index (χ3v) is 4.77. The van der Waals surface area contributed by atoms with Gasteiger partial charge in [0.15, 0.2) is 0 Å². The van der Waals surface area contributed by atoms with Crippen LogP contribution in [0.5, 0.6) is 0 Å². The molecule has 2 heterocycles. The van der Waals surface area contributed by atoms with E-state index in [0.717, 1.165) is 5.56 Å². The molecule has 1 aliphatic rings. The first-order valence-electron chi connectivity index (χ1n) is 9.27. The molecule has 1 aromatic carbocycles. The largest absolute Gasteiger partial charge is 0.444 e. The van der Waals surface area contributed by atoms with E-state index in [1.54, 1.807) is 11.1 Å². The van der Waals surface area contributed by atoms with Gasteiger partial charge >= 0.3 is 6.09 Å². The molecule has 0 N–H and O–H groups in total. The molecule has 0 spiro atoms. The van der Waals surface area contributed by atoms with Crippen LogP contribution in [0.25, 0.3) is 0 Å². The Morgan fingerprint density at radius 2 is 1.79 bits per heavy atom. The molecule has 1 aromatic heterocycles. The summed E-state index contributed by atoms with van der Waals surface area (Å²) in [6, 6.07) is 9.63. The summed E-state index contributed by atoms with van der Waals surface area (Å²) in [7, 11) is 0. The number of piperazine rings is 1. The molecular formula is C20H25ClN4O3. The Balaban J connectivity index is 1.68. The summed E-state index contributed by atoms with van der Waals surface area (Å²) >= 11 is 6.36. The molecule has 0 atom stereocenters. The van der Waals surface area contributed by atoms with Crippen molar-refractivity contribution < 1.29 is 9.53 Å². The van der Waals surface area contributed by atoms with Crippen molar-refractivity contribution >= 4 is 23.4 Å². The summed E-state index contributed by atoms with van der Waals surface area (Å²) in [5.74, 6) is 0. The van der Waals surface area contributed by atoms with E-state index in [1.807, 2.05) is 56.0 Å². The number of aromatic nitrogens is 2. The third kappa shape index (κ3) is 4.84. The van der Waals surface area contributed by atoms with Crippen LogP contribution in [0.2, 0.25) is 5.02 Å². The second kappa shape index (κ2) is 8.22. The molecule has 150 valence electrons. The van der Waals surface area contributed by atoms with Crippen molar-refractivity contribution in [2.45, 2.75) is 32.9 Å². The molecule has 0 saturated carbocycles. The van der Waals surface area contributed by atoms with Gasteiger partial charge in [-0.3, -0.25) is 4.79 Å². The van der Waals surface area contributed by atoms with Gasteiger partial charge in [-0.25, -0.2) is 9.48 Å². The van der Waals surface area contributed by atoms with Crippen molar-refractivity contribution in [2.75, 3.05) is 31.1 Å². The molecule has 0 bridgehead atoms. The highest BCUT2D eigenvalue weighted by atomic mass is 35.5. The Morgan fingerprint density at radius 3 is 2.39 bits per heavy atom. The molecule has 3 rings (SSSR count). The zero-order valence-electron chi connectivity index (χ0n) is 16.4. The summed E-state index contributed by atoms with van der Waals surface area (Å²) in [6.45, 7) is 8.01. The fraction of sp³-hybridized carbons (Fsp3) is 0.450. The standard InChI is InChI=1S/C20H25ClN4O3/c1-20(2,3)28-19(27)24-11-9-23(10-12-24)16-13-22-25(18(26)17(16)21)14-15-7-5-4-6-8-15/h4-8,13H,9-12,14H2,1-3H3. The molecule has 1 fully saturated rings. The van der Waals surface area contributed by atoms with E-state index in [1.165, 1.54) is 4.68 Å². The lowest BCUT2D eigenvalue weighted by molar-refractivity contribution is 0.0240. The van der Waals surface area contributed by atoms with Crippen LogP contribution in [-0.2, 0) is 11.3 Å². The molecule has 2 aromatic rings. The molecule has 0 unspecified atom stereocenters. The van der Waals surface area contributed by atoms with Crippen molar-refractivity contribution in [3.8, 4) is 0 Å². The number of nitrogens with zero attached hydrogens (tertiary/aromatic N) is 4. The number of amides is 1. The van der Waals surface area contributed by atoms with Gasteiger partial charge in [-0.05, 0) is 26.3 Å². The van der Waals surface area contributed by atoms with Crippen LogP contribution in [0.3, 0.4) is 0 Å². The number of ether oxygens (including phenoxy) is 1. The highest BCUT2D eigenvalue weighted by Crippen LogP contribution is 2.23. The van der Waals surface area contributed by atoms with Crippen molar-refractivity contribution in [1.82, 2.24) is 14.7 Å². The highest BCUT2D eigenvalue weighted by molar-refractivity contribution is 6.33. The second-order valence-corrected chi connectivity index (χ2v) is 8.12. The first-order chi connectivity index (χ1) is 13.2. The number of anilines is 1. The van der Waals surface area contributed by atoms with E-state index in [2.05, 4.69) is 5.10 Å². The summed E-state index contributed by atoms with van der Waals surface area (Å²) < 4.78 is 6.77. The number of hydrogen-bond donors (Lipinski definition) is 0. The third-order valence-electron chi connectivity index (χ3n) is 4.41. The van der Waals surface area contributed by atoms with E-state index in [9.17, 15) is 9.59 Å². The Labute approximate surface area is 169 Å². The van der Waals surface area contributed by atoms with E-state index >= 15 is 0 Å². The number of hydrogen-bond acceptors (Lipinski definition) is 5. The number of carbonyl (C=O) groups excluding carboxylic acids is 1. The van der Waals surface area contributed by atoms with Gasteiger partial charge in [0.05, 0.1) is 18.4 Å². The van der Waals surface area contributed by atoms with Crippen LogP contribution in [0.4, 0.5) is 10.5 Å². The molecule has 28 heavy (non-hydrogen) atoms. The van der Waals surface area contributed by atoms with Crippen LogP contribution in [0.1, 0.15) is 26.3 Å². The first kappa shape index (κ1) is 20.2. The van der Waals surface area contributed by atoms with Crippen molar-refractivity contribution in [1.29, 1.82) is 0 Å². The Hall–Kier alpha value is -2.54. The summed E-state index contributed by atoms with van der Waals surface area (Å²) in [5.41, 5.74) is 0.731. The van der Waals surface area contributed by atoms with Gasteiger partial charge in [-0.15, -0.1) is 0 Å². The number of benzene rings is 1. The van der Waals surface area contributed by atoms with E-state index in [0.29, 0.717) is 38.4 Å². The molecule has 0 aliphatic carbocycles. The minimum Gasteiger partial charge on any atom is -0.444 e. The number of rotatable bonds is 3. The number of carbonyl (C=O) groups is 1. The average Bonchev–Trinajstić information content (AvgIpc) is 2.65. The predicted octanol–water partition coefficient (Wildman–Crippen LogP) is 3.00. The van der Waals surface area contributed by atoms with Gasteiger partial charge in [0.1, 0.15) is 10.6 Å². The maximum atomic E-state index is 12.6. The molecule has 8 heteroatoms. The summed E-state index contributed by atoms with van der Waals surface area (Å²) in [5, 5.41) is 4.43. The quantitative estimate of drug-likeness (QED) is 0.786. The lowest BCUT2D eigenvalue weighted by atomic mass is 10.2. The van der Waals surface area contributed by atoms with Crippen LogP contribution in [-0.4, -0.2) is 52.6 Å². The van der Waals surface area contributed by atoms with E-state index in [4.69, 9.17) is 16.3 Å². The second-order valence-electron chi connectivity index (χ2n) is 7.75. The average molecular weight is 405 g/mol. The Kier molecular flexibility index (Phi) is 5.93. The fourth-order valence-corrected chi connectivity index (χ4v) is 3.27. The molecule has 0 radical (unpaired) electrons. The zero-order chi connectivity index (χ0) is 20.3. The molecule has 7 nitrogen and oxygen atoms in total. The normalized spacial score (nSPS) is 14.9. The molecular weight excluding hydrogens is 380 g/mol. The maximum absolute atomic E-state index is 12.6. The van der Waals surface area contributed by atoms with Crippen molar-refractivity contribution in [3.63, 3.8) is 0 Å². The lowest BCUT2D eigenvalue weighted by Crippen LogP contribution is -2.50. The van der Waals surface area contributed by atoms with Gasteiger partial charge in [0, 0.05) is 26.2 Å². The van der Waals surface area contributed by atoms with Gasteiger partial charge < -0.3 is 14.5 Å².